The number of aromatic nitrogens is 6. The summed E-state index contributed by atoms with van der Waals surface area (Å²) in [6.07, 6.45) is 2.46. The molecule has 1 saturated carbocycles. The summed E-state index contributed by atoms with van der Waals surface area (Å²) in [7, 11) is 1.80. The van der Waals surface area contributed by atoms with E-state index in [-0.39, 0.29) is 17.9 Å². The second-order valence-corrected chi connectivity index (χ2v) is 7.78. The van der Waals surface area contributed by atoms with Gasteiger partial charge in [0.15, 0.2) is 0 Å². The van der Waals surface area contributed by atoms with Crippen LogP contribution in [0, 0.1) is 6.92 Å². The van der Waals surface area contributed by atoms with Gasteiger partial charge in [-0.05, 0) is 42.3 Å². The van der Waals surface area contributed by atoms with Crippen LogP contribution < -0.4 is 10.9 Å². The van der Waals surface area contributed by atoms with Crippen molar-refractivity contribution in [2.24, 2.45) is 7.05 Å². The van der Waals surface area contributed by atoms with E-state index in [4.69, 9.17) is 0 Å². The van der Waals surface area contributed by atoms with Crippen LogP contribution in [0.4, 0.5) is 5.69 Å². The Bertz CT molecular complexity index is 1050. The highest BCUT2D eigenvalue weighted by Crippen LogP contribution is 2.36. The number of carbonyl (C=O) groups is 1. The average molecular weight is 399 g/mol. The number of thioether (sulfide) groups is 1. The van der Waals surface area contributed by atoms with Crippen LogP contribution in [-0.4, -0.2) is 41.2 Å². The zero-order chi connectivity index (χ0) is 19.7. The monoisotopic (exact) mass is 399 g/mol. The minimum absolute atomic E-state index is 0.205. The summed E-state index contributed by atoms with van der Waals surface area (Å²) < 4.78 is 5.11. The molecule has 1 N–H and O–H groups in total. The van der Waals surface area contributed by atoms with Crippen LogP contribution >= 0.6 is 11.8 Å². The van der Waals surface area contributed by atoms with Crippen LogP contribution in [-0.2, 0) is 11.8 Å². The summed E-state index contributed by atoms with van der Waals surface area (Å²) in [4.78, 5) is 25.2. The Morgan fingerprint density at radius 1 is 1.29 bits per heavy atom. The molecular weight excluding hydrogens is 378 g/mol. The van der Waals surface area contributed by atoms with Crippen LogP contribution in [0.2, 0.25) is 0 Å². The van der Waals surface area contributed by atoms with E-state index >= 15 is 0 Å². The second-order valence-electron chi connectivity index (χ2n) is 6.72. The highest BCUT2D eigenvalue weighted by molar-refractivity contribution is 7.99. The van der Waals surface area contributed by atoms with Crippen molar-refractivity contribution in [1.29, 1.82) is 0 Å². The van der Waals surface area contributed by atoms with Gasteiger partial charge in [-0.2, -0.15) is 0 Å². The number of hydrogen-bond acceptors (Lipinski definition) is 6. The summed E-state index contributed by atoms with van der Waals surface area (Å²) in [5.41, 5.74) is 1.52. The van der Waals surface area contributed by atoms with Gasteiger partial charge in [0.2, 0.25) is 11.1 Å². The summed E-state index contributed by atoms with van der Waals surface area (Å²) in [6.45, 7) is 1.81. The largest absolute Gasteiger partial charge is 0.320 e. The summed E-state index contributed by atoms with van der Waals surface area (Å²) in [6, 6.07) is 9.74. The van der Waals surface area contributed by atoms with Crippen molar-refractivity contribution in [1.82, 2.24) is 29.6 Å². The number of nitrogens with zero attached hydrogens (tertiary/aromatic N) is 6. The molecule has 2 aromatic heterocycles. The highest BCUT2D eigenvalue weighted by atomic mass is 32.2. The van der Waals surface area contributed by atoms with Gasteiger partial charge in [-0.25, -0.2) is 9.36 Å². The Labute approximate surface area is 165 Å². The van der Waals surface area contributed by atoms with Gasteiger partial charge in [0.1, 0.15) is 5.69 Å². The molecule has 28 heavy (non-hydrogen) atoms. The molecule has 9 nitrogen and oxygen atoms in total. The summed E-state index contributed by atoms with van der Waals surface area (Å²) >= 11 is 1.45. The van der Waals surface area contributed by atoms with Crippen molar-refractivity contribution >= 4 is 23.4 Å². The minimum Gasteiger partial charge on any atom is -0.320 e. The molecule has 1 aromatic carbocycles. The molecule has 1 fully saturated rings. The third-order valence-electron chi connectivity index (χ3n) is 4.73. The number of tetrazole rings is 1. The molecule has 0 unspecified atom stereocenters. The Morgan fingerprint density at radius 3 is 2.75 bits per heavy atom. The fourth-order valence-corrected chi connectivity index (χ4v) is 3.86. The quantitative estimate of drug-likeness (QED) is 0.610. The number of amides is 1. The number of para-hydroxylation sites is 1. The van der Waals surface area contributed by atoms with E-state index in [1.54, 1.807) is 16.4 Å². The third kappa shape index (κ3) is 3.59. The predicted molar refractivity (Wildman–Crippen MR) is 106 cm³/mol. The van der Waals surface area contributed by atoms with Gasteiger partial charge in [0.05, 0.1) is 17.4 Å². The van der Waals surface area contributed by atoms with Gasteiger partial charge >= 0.3 is 0 Å². The van der Waals surface area contributed by atoms with Crippen molar-refractivity contribution in [3.63, 3.8) is 0 Å². The maximum Gasteiger partial charge on any atom is 0.295 e. The molecule has 4 rings (SSSR count). The van der Waals surface area contributed by atoms with E-state index < -0.39 is 0 Å². The molecule has 0 bridgehead atoms. The van der Waals surface area contributed by atoms with Gasteiger partial charge in [0.25, 0.3) is 5.56 Å². The lowest BCUT2D eigenvalue weighted by atomic mass is 10.3. The molecule has 0 saturated heterocycles. The first-order chi connectivity index (χ1) is 13.6. The van der Waals surface area contributed by atoms with Gasteiger partial charge in [-0.1, -0.05) is 30.0 Å². The number of anilines is 1. The minimum atomic E-state index is -0.245. The van der Waals surface area contributed by atoms with Crippen molar-refractivity contribution in [3.8, 4) is 5.69 Å². The number of carbonyl (C=O) groups excluding carboxylic acids is 1. The maximum atomic E-state index is 12.8. The molecule has 1 aliphatic rings. The average Bonchev–Trinajstić information content (AvgIpc) is 3.40. The molecule has 3 aromatic rings. The van der Waals surface area contributed by atoms with Crippen LogP contribution in [0.15, 0.2) is 40.3 Å². The van der Waals surface area contributed by atoms with E-state index in [9.17, 15) is 9.59 Å². The lowest BCUT2D eigenvalue weighted by Gasteiger charge is -2.07. The molecule has 0 radical (unpaired) electrons. The number of rotatable bonds is 7. The van der Waals surface area contributed by atoms with E-state index in [2.05, 4.69) is 20.8 Å². The summed E-state index contributed by atoms with van der Waals surface area (Å²) in [5, 5.41) is 15.2. The van der Waals surface area contributed by atoms with E-state index in [0.29, 0.717) is 23.2 Å². The van der Waals surface area contributed by atoms with Crippen LogP contribution in [0.5, 0.6) is 0 Å². The normalized spacial score (nSPS) is 13.6. The molecule has 146 valence electrons. The zero-order valence-electron chi connectivity index (χ0n) is 15.7. The summed E-state index contributed by atoms with van der Waals surface area (Å²) in [5.74, 6) is 0.335. The smallest absolute Gasteiger partial charge is 0.295 e. The van der Waals surface area contributed by atoms with E-state index in [1.807, 2.05) is 41.9 Å². The molecule has 1 aliphatic carbocycles. The first-order valence-corrected chi connectivity index (χ1v) is 10.1. The predicted octanol–water partition coefficient (Wildman–Crippen LogP) is 1.93. The zero-order valence-corrected chi connectivity index (χ0v) is 16.5. The van der Waals surface area contributed by atoms with Crippen molar-refractivity contribution in [3.05, 3.63) is 46.4 Å². The van der Waals surface area contributed by atoms with Gasteiger partial charge < -0.3 is 5.32 Å². The second kappa shape index (κ2) is 7.63. The molecule has 0 spiro atoms. The van der Waals surface area contributed by atoms with Crippen LogP contribution in [0.25, 0.3) is 5.69 Å². The maximum absolute atomic E-state index is 12.8. The van der Waals surface area contributed by atoms with Crippen molar-refractivity contribution < 1.29 is 4.79 Å². The first-order valence-electron chi connectivity index (χ1n) is 9.11. The fraction of sp³-hybridized carbons (Fsp3) is 0.389. The molecule has 1 amide bonds. The molecule has 0 aliphatic heterocycles. The van der Waals surface area contributed by atoms with Gasteiger partial charge in [0, 0.05) is 19.2 Å². The lowest BCUT2D eigenvalue weighted by Crippen LogP contribution is -2.23. The first kappa shape index (κ1) is 18.5. The van der Waals surface area contributed by atoms with Gasteiger partial charge in [-0.15, -0.1) is 5.10 Å². The number of benzene rings is 1. The Balaban J connectivity index is 1.42. The van der Waals surface area contributed by atoms with Crippen LogP contribution in [0.3, 0.4) is 0 Å². The highest BCUT2D eigenvalue weighted by Gasteiger charge is 2.28. The van der Waals surface area contributed by atoms with Crippen molar-refractivity contribution in [2.75, 3.05) is 11.1 Å². The van der Waals surface area contributed by atoms with E-state index in [1.165, 1.54) is 11.8 Å². The lowest BCUT2D eigenvalue weighted by molar-refractivity contribution is -0.115. The van der Waals surface area contributed by atoms with Crippen LogP contribution in [0.1, 0.15) is 31.0 Å². The topological polar surface area (TPSA) is 99.6 Å². The number of nitrogens with one attached hydrogen (secondary N) is 1. The Hall–Kier alpha value is -2.88. The van der Waals surface area contributed by atoms with E-state index in [0.717, 1.165) is 23.7 Å². The standard InChI is InChI=1S/C18H21N7O2S/c1-12-16(17(27)25(23(12)2)14-6-4-3-5-7-14)19-15(26)10-11-28-18-20-21-22-24(18)13-8-9-13/h3-7,13H,8-11H2,1-2H3,(H,19,26). The van der Waals surface area contributed by atoms with Gasteiger partial charge in [-0.3, -0.25) is 14.3 Å². The Kier molecular flexibility index (Phi) is 5.03. The third-order valence-corrected chi connectivity index (χ3v) is 5.67. The molecule has 2 heterocycles. The molecular formula is C18H21N7O2S. The number of hydrogen-bond donors (Lipinski definition) is 1. The SMILES string of the molecule is Cc1c(NC(=O)CCSc2nnnn2C2CC2)c(=O)n(-c2ccccc2)n1C. The molecule has 10 heteroatoms. The fourth-order valence-electron chi connectivity index (χ4n) is 2.98. The molecule has 0 atom stereocenters. The Morgan fingerprint density at radius 2 is 2.04 bits per heavy atom. The van der Waals surface area contributed by atoms with Crippen molar-refractivity contribution in [2.45, 2.75) is 37.4 Å².